The molecule has 0 fully saturated rings. The molecule has 2 nitrogen and oxygen atoms in total. The Morgan fingerprint density at radius 3 is 2.40 bits per heavy atom. The molecular weight excluding hydrogens is 314 g/mol. The second-order valence-electron chi connectivity index (χ2n) is 5.33. The van der Waals surface area contributed by atoms with E-state index in [9.17, 15) is 5.11 Å². The molecule has 0 aliphatic carbocycles. The zero-order valence-electron chi connectivity index (χ0n) is 12.1. The molecule has 2 N–H and O–H groups in total. The normalized spacial score (nSPS) is 12.2. The molecule has 0 aliphatic rings. The lowest BCUT2D eigenvalue weighted by molar-refractivity contribution is 0.470. The molecule has 0 bridgehead atoms. The molecule has 20 heavy (non-hydrogen) atoms. The van der Waals surface area contributed by atoms with Gasteiger partial charge in [0.2, 0.25) is 0 Å². The van der Waals surface area contributed by atoms with Crippen LogP contribution in [0.25, 0.3) is 0 Å². The average molecular weight is 334 g/mol. The number of nitrogens with one attached hydrogen (secondary N) is 1. The Labute approximate surface area is 129 Å². The molecule has 0 saturated heterocycles. The summed E-state index contributed by atoms with van der Waals surface area (Å²) in [4.78, 5) is 0. The van der Waals surface area contributed by atoms with E-state index < -0.39 is 0 Å². The highest BCUT2D eigenvalue weighted by Crippen LogP contribution is 2.25. The van der Waals surface area contributed by atoms with Gasteiger partial charge in [-0.3, -0.25) is 0 Å². The van der Waals surface area contributed by atoms with Crippen LogP contribution in [0.5, 0.6) is 5.75 Å². The van der Waals surface area contributed by atoms with Crippen molar-refractivity contribution in [1.82, 2.24) is 0 Å². The summed E-state index contributed by atoms with van der Waals surface area (Å²) in [6, 6.07) is 12.6. The molecule has 0 spiro atoms. The summed E-state index contributed by atoms with van der Waals surface area (Å²) in [5.41, 5.74) is 4.36. The van der Waals surface area contributed by atoms with Crippen molar-refractivity contribution in [3.8, 4) is 5.75 Å². The Balaban J connectivity index is 2.06. The van der Waals surface area contributed by atoms with Crippen molar-refractivity contribution < 1.29 is 5.11 Å². The number of halogens is 1. The molecule has 0 radical (unpaired) electrons. The van der Waals surface area contributed by atoms with Crippen LogP contribution in [-0.2, 0) is 6.42 Å². The van der Waals surface area contributed by atoms with Crippen LogP contribution < -0.4 is 5.32 Å². The van der Waals surface area contributed by atoms with E-state index in [2.05, 4.69) is 52.4 Å². The van der Waals surface area contributed by atoms with E-state index in [1.807, 2.05) is 26.0 Å². The second-order valence-corrected chi connectivity index (χ2v) is 6.25. The maximum absolute atomic E-state index is 9.69. The van der Waals surface area contributed by atoms with Gasteiger partial charge in [-0.05, 0) is 68.1 Å². The predicted octanol–water partition coefficient (Wildman–Crippen LogP) is 4.81. The number of aromatic hydroxyl groups is 1. The first-order valence-corrected chi connectivity index (χ1v) is 7.56. The van der Waals surface area contributed by atoms with Crippen LogP contribution in [0, 0.1) is 13.8 Å². The summed E-state index contributed by atoms with van der Waals surface area (Å²) >= 11 is 3.45. The largest absolute Gasteiger partial charge is 0.508 e. The van der Waals surface area contributed by atoms with E-state index in [1.165, 1.54) is 5.56 Å². The number of hydrogen-bond donors (Lipinski definition) is 2. The fourth-order valence-corrected chi connectivity index (χ4v) is 2.51. The van der Waals surface area contributed by atoms with Crippen LogP contribution in [0.4, 0.5) is 5.69 Å². The Bertz CT molecular complexity index is 593. The van der Waals surface area contributed by atoms with Crippen molar-refractivity contribution in [3.05, 3.63) is 57.6 Å². The van der Waals surface area contributed by atoms with Gasteiger partial charge in [0.05, 0.1) is 0 Å². The molecule has 2 aromatic rings. The fraction of sp³-hybridized carbons (Fsp3) is 0.294. The molecule has 0 amide bonds. The summed E-state index contributed by atoms with van der Waals surface area (Å²) < 4.78 is 1.10. The van der Waals surface area contributed by atoms with Gasteiger partial charge in [-0.2, -0.15) is 0 Å². The Kier molecular flexibility index (Phi) is 4.71. The summed E-state index contributed by atoms with van der Waals surface area (Å²) in [7, 11) is 0. The maximum atomic E-state index is 9.69. The van der Waals surface area contributed by atoms with E-state index in [0.717, 1.165) is 27.7 Å². The first kappa shape index (κ1) is 14.9. The van der Waals surface area contributed by atoms with Crippen molar-refractivity contribution in [1.29, 1.82) is 0 Å². The molecule has 1 atom stereocenters. The summed E-state index contributed by atoms with van der Waals surface area (Å²) in [6.45, 7) is 6.09. The first-order valence-electron chi connectivity index (χ1n) is 6.77. The summed E-state index contributed by atoms with van der Waals surface area (Å²) in [6.07, 6.45) is 0.965. The van der Waals surface area contributed by atoms with Gasteiger partial charge < -0.3 is 10.4 Å². The van der Waals surface area contributed by atoms with Crippen LogP contribution in [0.3, 0.4) is 0 Å². The second kappa shape index (κ2) is 6.31. The molecule has 0 aliphatic heterocycles. The quantitative estimate of drug-likeness (QED) is 0.786. The van der Waals surface area contributed by atoms with Crippen LogP contribution >= 0.6 is 15.9 Å². The number of phenolic OH excluding ortho intramolecular Hbond substituents is 1. The monoisotopic (exact) mass is 333 g/mol. The minimum atomic E-state index is 0.332. The highest BCUT2D eigenvalue weighted by atomic mass is 79.9. The third kappa shape index (κ3) is 3.76. The summed E-state index contributed by atoms with van der Waals surface area (Å²) in [5.74, 6) is 0.355. The minimum absolute atomic E-state index is 0.332. The van der Waals surface area contributed by atoms with E-state index in [4.69, 9.17) is 0 Å². The van der Waals surface area contributed by atoms with Crippen molar-refractivity contribution in [2.24, 2.45) is 0 Å². The van der Waals surface area contributed by atoms with Gasteiger partial charge in [0.25, 0.3) is 0 Å². The third-order valence-electron chi connectivity index (χ3n) is 3.40. The number of rotatable bonds is 4. The number of benzene rings is 2. The van der Waals surface area contributed by atoms with E-state index in [-0.39, 0.29) is 0 Å². The van der Waals surface area contributed by atoms with Gasteiger partial charge in [-0.25, -0.2) is 0 Å². The smallest absolute Gasteiger partial charge is 0.118 e. The van der Waals surface area contributed by atoms with Gasteiger partial charge in [-0.15, -0.1) is 0 Å². The summed E-state index contributed by atoms with van der Waals surface area (Å²) in [5, 5.41) is 13.2. The number of hydrogen-bond acceptors (Lipinski definition) is 2. The van der Waals surface area contributed by atoms with Crippen LogP contribution in [0.15, 0.2) is 40.9 Å². The molecule has 0 heterocycles. The van der Waals surface area contributed by atoms with Crippen LogP contribution in [0.1, 0.15) is 23.6 Å². The zero-order valence-corrected chi connectivity index (χ0v) is 13.7. The maximum Gasteiger partial charge on any atom is 0.118 e. The van der Waals surface area contributed by atoms with Gasteiger partial charge >= 0.3 is 0 Å². The minimum Gasteiger partial charge on any atom is -0.508 e. The van der Waals surface area contributed by atoms with Crippen LogP contribution in [-0.4, -0.2) is 11.1 Å². The molecule has 2 rings (SSSR count). The lowest BCUT2D eigenvalue weighted by Crippen LogP contribution is -2.18. The van der Waals surface area contributed by atoms with Crippen molar-refractivity contribution in [3.63, 3.8) is 0 Å². The highest BCUT2D eigenvalue weighted by molar-refractivity contribution is 9.10. The van der Waals surface area contributed by atoms with Gasteiger partial charge in [-0.1, -0.05) is 28.1 Å². The van der Waals surface area contributed by atoms with E-state index >= 15 is 0 Å². The molecule has 0 aromatic heterocycles. The third-order valence-corrected chi connectivity index (χ3v) is 3.93. The van der Waals surface area contributed by atoms with Crippen molar-refractivity contribution in [2.45, 2.75) is 33.2 Å². The van der Waals surface area contributed by atoms with Crippen LogP contribution in [0.2, 0.25) is 0 Å². The highest BCUT2D eigenvalue weighted by Gasteiger charge is 2.08. The number of phenols is 1. The molecule has 1 unspecified atom stereocenters. The van der Waals surface area contributed by atoms with Gasteiger partial charge in [0, 0.05) is 16.2 Å². The number of aryl methyl sites for hydroxylation is 2. The van der Waals surface area contributed by atoms with Gasteiger partial charge in [0.1, 0.15) is 5.75 Å². The average Bonchev–Trinajstić information content (AvgIpc) is 2.39. The molecule has 2 aromatic carbocycles. The lowest BCUT2D eigenvalue weighted by Gasteiger charge is -2.18. The van der Waals surface area contributed by atoms with Crippen molar-refractivity contribution >= 4 is 21.6 Å². The lowest BCUT2D eigenvalue weighted by atomic mass is 10.1. The molecule has 3 heteroatoms. The fourth-order valence-electron chi connectivity index (χ4n) is 2.25. The van der Waals surface area contributed by atoms with E-state index in [1.54, 1.807) is 0 Å². The Morgan fingerprint density at radius 1 is 1.10 bits per heavy atom. The Hall–Kier alpha value is -1.48. The van der Waals surface area contributed by atoms with Gasteiger partial charge in [0.15, 0.2) is 0 Å². The molecular formula is C17H20BrNO. The van der Waals surface area contributed by atoms with Crippen molar-refractivity contribution in [2.75, 3.05) is 5.32 Å². The SMILES string of the molecule is Cc1cc(NC(C)Cc2ccc(Br)cc2)c(C)cc1O. The molecule has 106 valence electrons. The molecule has 0 saturated carbocycles. The standard InChI is InChI=1S/C17H20BrNO/c1-11-9-17(20)12(2)8-16(11)19-13(3)10-14-4-6-15(18)7-5-14/h4-9,13,19-20H,10H2,1-3H3. The predicted molar refractivity (Wildman–Crippen MR) is 88.5 cm³/mol. The van der Waals surface area contributed by atoms with E-state index in [0.29, 0.717) is 11.8 Å². The first-order chi connectivity index (χ1) is 9.45. The Morgan fingerprint density at radius 2 is 1.75 bits per heavy atom. The number of anilines is 1. The topological polar surface area (TPSA) is 32.3 Å². The zero-order chi connectivity index (χ0) is 14.7.